The standard InChI is InChI=1S/C12H22N4O2S/c1-10-3-5-12(9-13,6-4-10)15-19(17,18)11-7-14-16(2)8-11/h7-8,10,15H,3-6,9,13H2,1-2H3. The maximum Gasteiger partial charge on any atom is 0.244 e. The molecule has 0 radical (unpaired) electrons. The van der Waals surface area contributed by atoms with Crippen molar-refractivity contribution in [1.82, 2.24) is 14.5 Å². The number of rotatable bonds is 4. The minimum Gasteiger partial charge on any atom is -0.329 e. The zero-order valence-electron chi connectivity index (χ0n) is 11.5. The minimum atomic E-state index is -3.54. The average molecular weight is 286 g/mol. The van der Waals surface area contributed by atoms with Crippen LogP contribution in [-0.4, -0.2) is 30.3 Å². The smallest absolute Gasteiger partial charge is 0.244 e. The van der Waals surface area contributed by atoms with Gasteiger partial charge in [0.25, 0.3) is 0 Å². The Bertz CT molecular complexity index is 530. The minimum absolute atomic E-state index is 0.196. The van der Waals surface area contributed by atoms with Gasteiger partial charge in [-0.3, -0.25) is 4.68 Å². The number of aromatic nitrogens is 2. The molecule has 6 nitrogen and oxygen atoms in total. The molecule has 19 heavy (non-hydrogen) atoms. The van der Waals surface area contributed by atoms with E-state index in [-0.39, 0.29) is 4.90 Å². The lowest BCUT2D eigenvalue weighted by Crippen LogP contribution is -2.55. The SMILES string of the molecule is CC1CCC(CN)(NS(=O)(=O)c2cnn(C)c2)CC1. The van der Waals surface area contributed by atoms with Crippen molar-refractivity contribution in [2.75, 3.05) is 6.54 Å². The van der Waals surface area contributed by atoms with Crippen molar-refractivity contribution in [3.8, 4) is 0 Å². The van der Waals surface area contributed by atoms with Crippen LogP contribution in [-0.2, 0) is 17.1 Å². The fourth-order valence-corrected chi connectivity index (χ4v) is 4.00. The second kappa shape index (κ2) is 5.22. The zero-order chi connectivity index (χ0) is 14.1. The van der Waals surface area contributed by atoms with Crippen molar-refractivity contribution in [2.45, 2.75) is 43.0 Å². The van der Waals surface area contributed by atoms with Crippen LogP contribution in [0, 0.1) is 5.92 Å². The summed E-state index contributed by atoms with van der Waals surface area (Å²) in [5.74, 6) is 0.641. The Morgan fingerprint density at radius 1 is 1.53 bits per heavy atom. The number of hydrogen-bond donors (Lipinski definition) is 2. The van der Waals surface area contributed by atoms with Gasteiger partial charge >= 0.3 is 0 Å². The molecule has 0 aromatic carbocycles. The van der Waals surface area contributed by atoms with Crippen LogP contribution in [0.4, 0.5) is 0 Å². The van der Waals surface area contributed by atoms with Crippen LogP contribution in [0.2, 0.25) is 0 Å². The summed E-state index contributed by atoms with van der Waals surface area (Å²) < 4.78 is 29.0. The maximum atomic E-state index is 12.3. The van der Waals surface area contributed by atoms with Crippen molar-refractivity contribution < 1.29 is 8.42 Å². The van der Waals surface area contributed by atoms with E-state index in [9.17, 15) is 8.42 Å². The van der Waals surface area contributed by atoms with Crippen LogP contribution in [0.3, 0.4) is 0 Å². The number of nitrogens with two attached hydrogens (primary N) is 1. The first-order valence-electron chi connectivity index (χ1n) is 6.60. The van der Waals surface area contributed by atoms with Gasteiger partial charge in [-0.15, -0.1) is 0 Å². The summed E-state index contributed by atoms with van der Waals surface area (Å²) in [5, 5.41) is 3.90. The Morgan fingerprint density at radius 2 is 2.16 bits per heavy atom. The van der Waals surface area contributed by atoms with Gasteiger partial charge in [-0.2, -0.15) is 5.10 Å². The van der Waals surface area contributed by atoms with Gasteiger partial charge in [-0.05, 0) is 31.6 Å². The third kappa shape index (κ3) is 3.16. The normalized spacial score (nSPS) is 28.5. The predicted octanol–water partition coefficient (Wildman–Crippen LogP) is 0.606. The number of nitrogens with one attached hydrogen (secondary N) is 1. The van der Waals surface area contributed by atoms with Gasteiger partial charge in [0.05, 0.1) is 6.20 Å². The molecule has 0 bridgehead atoms. The second-order valence-electron chi connectivity index (χ2n) is 5.62. The van der Waals surface area contributed by atoms with Gasteiger partial charge in [-0.25, -0.2) is 13.1 Å². The molecular formula is C12H22N4O2S. The van der Waals surface area contributed by atoms with Gasteiger partial charge in [0.2, 0.25) is 10.0 Å². The molecule has 1 aromatic heterocycles. The highest BCUT2D eigenvalue weighted by Crippen LogP contribution is 2.32. The molecule has 1 heterocycles. The molecule has 0 saturated heterocycles. The van der Waals surface area contributed by atoms with Crippen molar-refractivity contribution >= 4 is 10.0 Å². The third-order valence-corrected chi connectivity index (χ3v) is 5.50. The molecule has 0 amide bonds. The maximum absolute atomic E-state index is 12.3. The van der Waals surface area contributed by atoms with E-state index in [4.69, 9.17) is 5.73 Å². The van der Waals surface area contributed by atoms with Gasteiger partial charge in [0.15, 0.2) is 0 Å². The molecule has 0 spiro atoms. The van der Waals surface area contributed by atoms with Crippen molar-refractivity contribution in [1.29, 1.82) is 0 Å². The molecule has 7 heteroatoms. The molecule has 1 aromatic rings. The predicted molar refractivity (Wildman–Crippen MR) is 72.9 cm³/mol. The van der Waals surface area contributed by atoms with E-state index in [1.807, 2.05) is 0 Å². The van der Waals surface area contributed by atoms with Gasteiger partial charge in [0.1, 0.15) is 4.90 Å². The molecule has 0 atom stereocenters. The Hall–Kier alpha value is -0.920. The highest BCUT2D eigenvalue weighted by Gasteiger charge is 2.37. The Balaban J connectivity index is 2.18. The van der Waals surface area contributed by atoms with E-state index in [1.165, 1.54) is 17.1 Å². The molecule has 0 unspecified atom stereocenters. The number of hydrogen-bond acceptors (Lipinski definition) is 4. The number of sulfonamides is 1. The Kier molecular flexibility index (Phi) is 3.98. The van der Waals surface area contributed by atoms with Crippen molar-refractivity contribution in [3.05, 3.63) is 12.4 Å². The van der Waals surface area contributed by atoms with Crippen LogP contribution in [0.25, 0.3) is 0 Å². The molecule has 1 saturated carbocycles. The summed E-state index contributed by atoms with van der Waals surface area (Å²) in [6.45, 7) is 2.52. The molecule has 3 N–H and O–H groups in total. The summed E-state index contributed by atoms with van der Waals surface area (Å²) in [6, 6.07) is 0. The summed E-state index contributed by atoms with van der Waals surface area (Å²) in [6.07, 6.45) is 6.46. The van der Waals surface area contributed by atoms with Gasteiger partial charge < -0.3 is 5.73 Å². The van der Waals surface area contributed by atoms with Gasteiger partial charge in [0, 0.05) is 25.3 Å². The molecule has 0 aliphatic heterocycles. The van der Waals surface area contributed by atoms with E-state index in [0.717, 1.165) is 25.7 Å². The third-order valence-electron chi connectivity index (χ3n) is 3.96. The number of nitrogens with zero attached hydrogens (tertiary/aromatic N) is 2. The molecule has 1 aliphatic rings. The second-order valence-corrected chi connectivity index (χ2v) is 7.30. The quantitative estimate of drug-likeness (QED) is 0.848. The molecule has 2 rings (SSSR count). The molecule has 1 aliphatic carbocycles. The Labute approximate surface area is 114 Å². The lowest BCUT2D eigenvalue weighted by molar-refractivity contribution is 0.231. The average Bonchev–Trinajstić information content (AvgIpc) is 2.80. The monoisotopic (exact) mass is 286 g/mol. The van der Waals surface area contributed by atoms with Crippen molar-refractivity contribution in [3.63, 3.8) is 0 Å². The molecular weight excluding hydrogens is 264 g/mol. The summed E-state index contributed by atoms with van der Waals surface area (Å²) in [5.41, 5.74) is 5.33. The van der Waals surface area contributed by atoms with Crippen molar-refractivity contribution in [2.24, 2.45) is 18.7 Å². The first kappa shape index (κ1) is 14.5. The van der Waals surface area contributed by atoms with Crippen LogP contribution in [0.1, 0.15) is 32.6 Å². The molecule has 1 fully saturated rings. The van der Waals surface area contributed by atoms with Crippen LogP contribution in [0.15, 0.2) is 17.3 Å². The highest BCUT2D eigenvalue weighted by atomic mass is 32.2. The van der Waals surface area contributed by atoms with Crippen LogP contribution >= 0.6 is 0 Å². The molecule has 108 valence electrons. The van der Waals surface area contributed by atoms with E-state index in [2.05, 4.69) is 16.7 Å². The van der Waals surface area contributed by atoms with E-state index in [1.54, 1.807) is 7.05 Å². The van der Waals surface area contributed by atoms with E-state index >= 15 is 0 Å². The summed E-state index contributed by atoms with van der Waals surface area (Å²) >= 11 is 0. The summed E-state index contributed by atoms with van der Waals surface area (Å²) in [4.78, 5) is 0.196. The lowest BCUT2D eigenvalue weighted by Gasteiger charge is -2.38. The largest absolute Gasteiger partial charge is 0.329 e. The number of aryl methyl sites for hydroxylation is 1. The van der Waals surface area contributed by atoms with Crippen LogP contribution < -0.4 is 10.5 Å². The zero-order valence-corrected chi connectivity index (χ0v) is 12.3. The van der Waals surface area contributed by atoms with E-state index in [0.29, 0.717) is 12.5 Å². The first-order chi connectivity index (χ1) is 8.87. The fourth-order valence-electron chi connectivity index (χ4n) is 2.54. The van der Waals surface area contributed by atoms with Gasteiger partial charge in [-0.1, -0.05) is 6.92 Å². The highest BCUT2D eigenvalue weighted by molar-refractivity contribution is 7.89. The topological polar surface area (TPSA) is 90.0 Å². The first-order valence-corrected chi connectivity index (χ1v) is 8.08. The summed E-state index contributed by atoms with van der Waals surface area (Å²) in [7, 11) is -1.85. The Morgan fingerprint density at radius 3 is 2.63 bits per heavy atom. The van der Waals surface area contributed by atoms with Crippen LogP contribution in [0.5, 0.6) is 0 Å². The van der Waals surface area contributed by atoms with E-state index < -0.39 is 15.6 Å². The lowest BCUT2D eigenvalue weighted by atomic mass is 9.78. The fraction of sp³-hybridized carbons (Fsp3) is 0.750.